The van der Waals surface area contributed by atoms with Crippen LogP contribution in [0, 0.1) is 0 Å². The highest BCUT2D eigenvalue weighted by molar-refractivity contribution is 7.13. The van der Waals surface area contributed by atoms with Gasteiger partial charge in [-0.2, -0.15) is 8.78 Å². The number of nitrogens with zero attached hydrogens (tertiary/aromatic N) is 7. The number of rotatable bonds is 6. The Morgan fingerprint density at radius 2 is 2.03 bits per heavy atom. The number of imidazole rings is 1. The number of aromatic nitrogens is 5. The largest absolute Gasteiger partial charge is 0.354 e. The van der Waals surface area contributed by atoms with Gasteiger partial charge in [0.2, 0.25) is 5.13 Å². The van der Waals surface area contributed by atoms with Crippen molar-refractivity contribution in [2.75, 3.05) is 36.4 Å². The van der Waals surface area contributed by atoms with Crippen LogP contribution in [0.3, 0.4) is 0 Å². The predicted molar refractivity (Wildman–Crippen MR) is 103 cm³/mol. The van der Waals surface area contributed by atoms with E-state index in [9.17, 15) is 13.6 Å². The number of hydrogen-bond donors (Lipinski definition) is 1. The summed E-state index contributed by atoms with van der Waals surface area (Å²) >= 11 is 1.24. The van der Waals surface area contributed by atoms with E-state index in [4.69, 9.17) is 0 Å². The SMILES string of the molecule is O=C(Nc1nncs1)c1ccc(N2CCN(Cc3nccn3C(F)F)CC2)nc1. The second-order valence-electron chi connectivity index (χ2n) is 6.39. The van der Waals surface area contributed by atoms with Crippen molar-refractivity contribution in [1.29, 1.82) is 0 Å². The van der Waals surface area contributed by atoms with E-state index in [-0.39, 0.29) is 5.91 Å². The molecule has 4 heterocycles. The van der Waals surface area contributed by atoms with Gasteiger partial charge in [0.1, 0.15) is 17.2 Å². The lowest BCUT2D eigenvalue weighted by molar-refractivity contribution is 0.0636. The number of anilines is 2. The standard InChI is InChI=1S/C17H18F2N8OS/c18-16(19)27-4-3-20-14(27)10-25-5-7-26(8-6-25)13-2-1-12(9-21-13)15(28)23-17-24-22-11-29-17/h1-4,9,11,16H,5-8,10H2,(H,23,24,28). The number of halogens is 2. The maximum Gasteiger partial charge on any atom is 0.319 e. The number of alkyl halides is 2. The van der Waals surface area contributed by atoms with Crippen molar-refractivity contribution < 1.29 is 13.6 Å². The molecule has 1 N–H and O–H groups in total. The molecule has 0 radical (unpaired) electrons. The lowest BCUT2D eigenvalue weighted by Crippen LogP contribution is -2.46. The zero-order chi connectivity index (χ0) is 20.2. The van der Waals surface area contributed by atoms with Crippen LogP contribution < -0.4 is 10.2 Å². The van der Waals surface area contributed by atoms with Crippen molar-refractivity contribution in [2.24, 2.45) is 0 Å². The fourth-order valence-corrected chi connectivity index (χ4v) is 3.52. The van der Waals surface area contributed by atoms with Crippen LogP contribution in [0.5, 0.6) is 0 Å². The number of pyridine rings is 1. The summed E-state index contributed by atoms with van der Waals surface area (Å²) in [6.45, 7) is 0.620. The molecule has 152 valence electrons. The molecule has 0 spiro atoms. The van der Waals surface area contributed by atoms with Crippen molar-refractivity contribution in [3.05, 3.63) is 47.6 Å². The lowest BCUT2D eigenvalue weighted by atomic mass is 10.2. The third-order valence-electron chi connectivity index (χ3n) is 4.61. The molecule has 1 amide bonds. The molecule has 3 aromatic rings. The van der Waals surface area contributed by atoms with Gasteiger partial charge in [-0.05, 0) is 12.1 Å². The quantitative estimate of drug-likeness (QED) is 0.653. The Morgan fingerprint density at radius 1 is 1.21 bits per heavy atom. The summed E-state index contributed by atoms with van der Waals surface area (Å²) < 4.78 is 26.8. The van der Waals surface area contributed by atoms with Crippen LogP contribution in [0.4, 0.5) is 19.7 Å². The summed E-state index contributed by atoms with van der Waals surface area (Å²) in [5.41, 5.74) is 1.97. The van der Waals surface area contributed by atoms with Crippen LogP contribution in [0.15, 0.2) is 36.2 Å². The maximum absolute atomic E-state index is 12.9. The minimum absolute atomic E-state index is 0.292. The summed E-state index contributed by atoms with van der Waals surface area (Å²) in [7, 11) is 0. The Hall–Kier alpha value is -2.99. The molecule has 3 aromatic heterocycles. The fraction of sp³-hybridized carbons (Fsp3) is 0.353. The normalized spacial score (nSPS) is 15.1. The van der Waals surface area contributed by atoms with Gasteiger partial charge in [-0.15, -0.1) is 10.2 Å². The predicted octanol–water partition coefficient (Wildman–Crippen LogP) is 2.10. The molecular weight excluding hydrogens is 402 g/mol. The van der Waals surface area contributed by atoms with E-state index in [2.05, 4.69) is 35.3 Å². The van der Waals surface area contributed by atoms with Gasteiger partial charge in [0.25, 0.3) is 5.91 Å². The monoisotopic (exact) mass is 420 g/mol. The van der Waals surface area contributed by atoms with E-state index >= 15 is 0 Å². The van der Waals surface area contributed by atoms with E-state index in [0.29, 0.717) is 49.2 Å². The molecule has 9 nitrogen and oxygen atoms in total. The summed E-state index contributed by atoms with van der Waals surface area (Å²) in [5, 5.41) is 10.5. The van der Waals surface area contributed by atoms with Gasteiger partial charge in [0, 0.05) is 44.8 Å². The number of piperazine rings is 1. The van der Waals surface area contributed by atoms with Gasteiger partial charge in [-0.25, -0.2) is 9.97 Å². The summed E-state index contributed by atoms with van der Waals surface area (Å²) in [6.07, 6.45) is 4.21. The average molecular weight is 420 g/mol. The molecule has 0 aliphatic carbocycles. The number of carbonyl (C=O) groups is 1. The van der Waals surface area contributed by atoms with E-state index in [0.717, 1.165) is 10.4 Å². The Morgan fingerprint density at radius 3 is 2.69 bits per heavy atom. The van der Waals surface area contributed by atoms with E-state index in [1.54, 1.807) is 12.1 Å². The Labute approximate surface area is 169 Å². The number of nitrogens with one attached hydrogen (secondary N) is 1. The Bertz CT molecular complexity index is 939. The van der Waals surface area contributed by atoms with E-state index in [1.165, 1.54) is 35.4 Å². The number of hydrogen-bond acceptors (Lipinski definition) is 8. The highest BCUT2D eigenvalue weighted by Crippen LogP contribution is 2.18. The van der Waals surface area contributed by atoms with Gasteiger partial charge in [0.15, 0.2) is 0 Å². The zero-order valence-electron chi connectivity index (χ0n) is 15.3. The Kier molecular flexibility index (Phi) is 5.71. The van der Waals surface area contributed by atoms with Crippen LogP contribution in [-0.2, 0) is 6.54 Å². The highest BCUT2D eigenvalue weighted by atomic mass is 32.1. The molecular formula is C17H18F2N8OS. The van der Waals surface area contributed by atoms with Crippen LogP contribution >= 0.6 is 11.3 Å². The fourth-order valence-electron chi connectivity index (χ4n) is 3.08. The summed E-state index contributed by atoms with van der Waals surface area (Å²) in [6, 6.07) is 3.51. The van der Waals surface area contributed by atoms with Crippen molar-refractivity contribution in [3.63, 3.8) is 0 Å². The van der Waals surface area contributed by atoms with Crippen LogP contribution in [0.25, 0.3) is 0 Å². The minimum atomic E-state index is -2.58. The van der Waals surface area contributed by atoms with Gasteiger partial charge in [-0.3, -0.25) is 19.6 Å². The Balaban J connectivity index is 1.31. The zero-order valence-corrected chi connectivity index (χ0v) is 16.1. The summed E-state index contributed by atoms with van der Waals surface area (Å²) in [4.78, 5) is 24.8. The first-order valence-corrected chi connectivity index (χ1v) is 9.79. The molecule has 1 aliphatic rings. The van der Waals surface area contributed by atoms with Crippen molar-refractivity contribution in [3.8, 4) is 0 Å². The molecule has 4 rings (SSSR count). The number of amides is 1. The topological polar surface area (TPSA) is 92.1 Å². The van der Waals surface area contributed by atoms with Crippen molar-refractivity contribution >= 4 is 28.2 Å². The van der Waals surface area contributed by atoms with Gasteiger partial charge >= 0.3 is 6.55 Å². The van der Waals surface area contributed by atoms with Crippen molar-refractivity contribution in [1.82, 2.24) is 29.6 Å². The van der Waals surface area contributed by atoms with E-state index < -0.39 is 6.55 Å². The molecule has 0 aromatic carbocycles. The molecule has 12 heteroatoms. The van der Waals surface area contributed by atoms with E-state index in [1.807, 2.05) is 0 Å². The van der Waals surface area contributed by atoms with Gasteiger partial charge < -0.3 is 4.90 Å². The smallest absolute Gasteiger partial charge is 0.319 e. The molecule has 0 saturated carbocycles. The summed E-state index contributed by atoms with van der Waals surface area (Å²) in [5.74, 6) is 0.837. The molecule has 0 atom stereocenters. The number of carbonyl (C=O) groups excluding carboxylic acids is 1. The molecule has 0 bridgehead atoms. The van der Waals surface area contributed by atoms with Crippen molar-refractivity contribution in [2.45, 2.75) is 13.1 Å². The van der Waals surface area contributed by atoms with Crippen LogP contribution in [0.1, 0.15) is 22.7 Å². The maximum atomic E-state index is 12.9. The minimum Gasteiger partial charge on any atom is -0.354 e. The van der Waals surface area contributed by atoms with Crippen LogP contribution in [0.2, 0.25) is 0 Å². The van der Waals surface area contributed by atoms with Gasteiger partial charge in [0.05, 0.1) is 12.1 Å². The third-order valence-corrected chi connectivity index (χ3v) is 5.22. The molecule has 29 heavy (non-hydrogen) atoms. The average Bonchev–Trinajstić information content (AvgIpc) is 3.41. The molecule has 0 unspecified atom stereocenters. The van der Waals surface area contributed by atoms with Gasteiger partial charge in [-0.1, -0.05) is 11.3 Å². The second-order valence-corrected chi connectivity index (χ2v) is 7.23. The van der Waals surface area contributed by atoms with Crippen LogP contribution in [-0.4, -0.2) is 61.7 Å². The molecule has 1 saturated heterocycles. The molecule has 1 aliphatic heterocycles. The third kappa shape index (κ3) is 4.54. The molecule has 1 fully saturated rings. The first kappa shape index (κ1) is 19.3. The first-order valence-electron chi connectivity index (χ1n) is 8.91. The highest BCUT2D eigenvalue weighted by Gasteiger charge is 2.21. The first-order chi connectivity index (χ1) is 14.1. The lowest BCUT2D eigenvalue weighted by Gasteiger charge is -2.35. The second kappa shape index (κ2) is 8.57.